The van der Waals surface area contributed by atoms with E-state index in [1.54, 1.807) is 12.1 Å². The first-order valence-corrected chi connectivity index (χ1v) is 11.2. The summed E-state index contributed by atoms with van der Waals surface area (Å²) in [5.41, 5.74) is 0.822. The quantitative estimate of drug-likeness (QED) is 0.218. The van der Waals surface area contributed by atoms with E-state index < -0.39 is 47.0 Å². The predicted molar refractivity (Wildman–Crippen MR) is 126 cm³/mol. The second-order valence-electron chi connectivity index (χ2n) is 7.28. The molecule has 0 heterocycles. The summed E-state index contributed by atoms with van der Waals surface area (Å²) in [6.45, 7) is -0.528. The number of halogens is 8. The third kappa shape index (κ3) is 6.55. The third-order valence-corrected chi connectivity index (χ3v) is 6.51. The number of rotatable bonds is 7. The van der Waals surface area contributed by atoms with Gasteiger partial charge >= 0.3 is 6.18 Å². The number of carbonyl (C=O) groups excluding carboxylic acids is 2. The minimum atomic E-state index is -4.41. The fraction of sp³-hybridized carbons (Fsp3) is 0.286. The van der Waals surface area contributed by atoms with Crippen LogP contribution in [0.5, 0.6) is 0 Å². The summed E-state index contributed by atoms with van der Waals surface area (Å²) in [5, 5.41) is 3.42. The molecular weight excluding hydrogens is 547 g/mol. The maximum atomic E-state index is 12.8. The number of nitrogens with zero attached hydrogens (tertiary/aromatic N) is 1. The molecule has 2 aromatic carbocycles. The van der Waals surface area contributed by atoms with Gasteiger partial charge in [0.15, 0.2) is 5.78 Å². The Morgan fingerprint density at radius 2 is 1.70 bits per heavy atom. The molecule has 3 rings (SSSR count). The maximum absolute atomic E-state index is 12.8. The van der Waals surface area contributed by atoms with E-state index in [-0.39, 0.29) is 16.3 Å². The number of carbonyl (C=O) groups is 2. The standard InChI is InChI=1S/C21H14Cl5F3N2O2/c22-11-5-10(6-12(23)7-11)17-18(21(17,25)26)19(33)31-13-1-2-15(24)14(8-13)16(32)9-30-4-3-20(27,28)29/h1-2,4-8,17-18H,3,9H2,(H,31,33). The Bertz CT molecular complexity index is 1100. The first-order valence-electron chi connectivity index (χ1n) is 9.32. The molecule has 12 heteroatoms. The van der Waals surface area contributed by atoms with Crippen molar-refractivity contribution in [1.82, 2.24) is 0 Å². The van der Waals surface area contributed by atoms with Crippen LogP contribution < -0.4 is 5.32 Å². The van der Waals surface area contributed by atoms with E-state index in [1.165, 1.54) is 24.3 Å². The fourth-order valence-corrected chi connectivity index (χ4v) is 4.85. The molecule has 1 aliphatic carbocycles. The molecule has 1 fully saturated rings. The molecule has 1 N–H and O–H groups in total. The number of benzene rings is 2. The van der Waals surface area contributed by atoms with Gasteiger partial charge in [0, 0.05) is 33.4 Å². The number of anilines is 1. The van der Waals surface area contributed by atoms with Crippen molar-refractivity contribution in [2.45, 2.75) is 22.8 Å². The molecule has 0 bridgehead atoms. The SMILES string of the molecule is O=C(CN=CCC(F)(F)F)c1cc(NC(=O)C2C(c3cc(Cl)cc(Cl)c3)C2(Cl)Cl)ccc1Cl. The van der Waals surface area contributed by atoms with Crippen LogP contribution in [0.15, 0.2) is 41.4 Å². The van der Waals surface area contributed by atoms with Crippen molar-refractivity contribution >= 4 is 81.6 Å². The van der Waals surface area contributed by atoms with Crippen molar-refractivity contribution in [1.29, 1.82) is 0 Å². The van der Waals surface area contributed by atoms with Gasteiger partial charge in [-0.3, -0.25) is 14.6 Å². The van der Waals surface area contributed by atoms with Crippen molar-refractivity contribution in [3.05, 3.63) is 62.6 Å². The molecule has 1 aliphatic rings. The lowest BCUT2D eigenvalue weighted by Gasteiger charge is -2.09. The summed E-state index contributed by atoms with van der Waals surface area (Å²) in [4.78, 5) is 28.6. The zero-order valence-electron chi connectivity index (χ0n) is 16.4. The van der Waals surface area contributed by atoms with Crippen LogP contribution in [-0.2, 0) is 4.79 Å². The van der Waals surface area contributed by atoms with Gasteiger partial charge < -0.3 is 5.32 Å². The molecule has 2 atom stereocenters. The van der Waals surface area contributed by atoms with Crippen LogP contribution in [0.3, 0.4) is 0 Å². The van der Waals surface area contributed by atoms with Crippen molar-refractivity contribution in [3.63, 3.8) is 0 Å². The van der Waals surface area contributed by atoms with Gasteiger partial charge in [-0.25, -0.2) is 0 Å². The van der Waals surface area contributed by atoms with Crippen molar-refractivity contribution in [2.24, 2.45) is 10.9 Å². The lowest BCUT2D eigenvalue weighted by molar-refractivity contribution is -0.120. The number of alkyl halides is 5. The summed E-state index contributed by atoms with van der Waals surface area (Å²) in [5.74, 6) is -2.51. The van der Waals surface area contributed by atoms with Gasteiger partial charge in [-0.05, 0) is 42.0 Å². The van der Waals surface area contributed by atoms with Gasteiger partial charge in [0.2, 0.25) is 5.91 Å². The monoisotopic (exact) mass is 558 g/mol. The minimum Gasteiger partial charge on any atom is -0.326 e. The van der Waals surface area contributed by atoms with Crippen LogP contribution in [0.2, 0.25) is 15.1 Å². The Labute approximate surface area is 212 Å². The van der Waals surface area contributed by atoms with Crippen LogP contribution in [0.4, 0.5) is 18.9 Å². The van der Waals surface area contributed by atoms with E-state index in [0.717, 1.165) is 0 Å². The largest absolute Gasteiger partial charge is 0.393 e. The number of Topliss-reactive ketones (excluding diaryl/α,β-unsaturated/α-hetero) is 1. The number of nitrogens with one attached hydrogen (secondary N) is 1. The summed E-state index contributed by atoms with van der Waals surface area (Å²) < 4.78 is 35.1. The maximum Gasteiger partial charge on any atom is 0.393 e. The van der Waals surface area contributed by atoms with Gasteiger partial charge in [-0.1, -0.05) is 34.8 Å². The molecule has 0 saturated heterocycles. The Morgan fingerprint density at radius 3 is 2.30 bits per heavy atom. The molecule has 2 aromatic rings. The number of aliphatic imine (C=N–C) groups is 1. The molecule has 0 aromatic heterocycles. The molecule has 0 aliphatic heterocycles. The van der Waals surface area contributed by atoms with Crippen LogP contribution in [0.25, 0.3) is 0 Å². The molecule has 2 unspecified atom stereocenters. The van der Waals surface area contributed by atoms with Gasteiger partial charge in [-0.15, -0.1) is 23.2 Å². The van der Waals surface area contributed by atoms with Crippen LogP contribution in [0.1, 0.15) is 28.3 Å². The van der Waals surface area contributed by atoms with Crippen molar-refractivity contribution in [3.8, 4) is 0 Å². The van der Waals surface area contributed by atoms with Crippen LogP contribution in [-0.4, -0.2) is 35.0 Å². The minimum absolute atomic E-state index is 0.00407. The van der Waals surface area contributed by atoms with Crippen molar-refractivity contribution in [2.75, 3.05) is 11.9 Å². The normalized spacial score (nSPS) is 19.5. The predicted octanol–water partition coefficient (Wildman–Crippen LogP) is 7.38. The van der Waals surface area contributed by atoms with Gasteiger partial charge in [-0.2, -0.15) is 13.2 Å². The lowest BCUT2D eigenvalue weighted by Crippen LogP contribution is -2.17. The van der Waals surface area contributed by atoms with E-state index in [4.69, 9.17) is 58.0 Å². The number of hydrogen-bond acceptors (Lipinski definition) is 3. The second kappa shape index (κ2) is 10.0. The van der Waals surface area contributed by atoms with Gasteiger partial charge in [0.05, 0.1) is 17.4 Å². The molecule has 1 saturated carbocycles. The van der Waals surface area contributed by atoms with E-state index in [0.29, 0.717) is 21.8 Å². The number of ketones is 1. The summed E-state index contributed by atoms with van der Waals surface area (Å²) in [6.07, 6.45) is -5.04. The first kappa shape index (κ1) is 26.1. The Balaban J connectivity index is 1.71. The van der Waals surface area contributed by atoms with Crippen LogP contribution in [0, 0.1) is 5.92 Å². The lowest BCUT2D eigenvalue weighted by atomic mass is 10.1. The average Bonchev–Trinajstić information content (AvgIpc) is 3.27. The van der Waals surface area contributed by atoms with E-state index >= 15 is 0 Å². The fourth-order valence-electron chi connectivity index (χ4n) is 3.26. The topological polar surface area (TPSA) is 58.5 Å². The summed E-state index contributed by atoms with van der Waals surface area (Å²) in [6, 6.07) is 8.90. The molecule has 0 radical (unpaired) electrons. The summed E-state index contributed by atoms with van der Waals surface area (Å²) >= 11 is 30.7. The molecule has 0 spiro atoms. The Hall–Kier alpha value is -1.51. The second-order valence-corrected chi connectivity index (χ2v) is 10.0. The molecule has 1 amide bonds. The zero-order chi connectivity index (χ0) is 24.6. The smallest absolute Gasteiger partial charge is 0.326 e. The van der Waals surface area contributed by atoms with Gasteiger partial charge in [0.1, 0.15) is 10.9 Å². The molecule has 33 heavy (non-hydrogen) atoms. The highest BCUT2D eigenvalue weighted by atomic mass is 35.5. The Kier molecular flexibility index (Phi) is 7.91. The molecular formula is C21H14Cl5F3N2O2. The van der Waals surface area contributed by atoms with Gasteiger partial charge in [0.25, 0.3) is 0 Å². The van der Waals surface area contributed by atoms with E-state index in [1.807, 2.05) is 0 Å². The highest BCUT2D eigenvalue weighted by Gasteiger charge is 2.67. The van der Waals surface area contributed by atoms with E-state index in [2.05, 4.69) is 10.3 Å². The van der Waals surface area contributed by atoms with Crippen LogP contribution >= 0.6 is 58.0 Å². The first-order chi connectivity index (χ1) is 15.3. The van der Waals surface area contributed by atoms with E-state index in [9.17, 15) is 22.8 Å². The number of hydrogen-bond donors (Lipinski definition) is 1. The Morgan fingerprint density at radius 1 is 1.06 bits per heavy atom. The highest BCUT2D eigenvalue weighted by molar-refractivity contribution is 6.53. The average molecular weight is 561 g/mol. The number of amides is 1. The summed E-state index contributed by atoms with van der Waals surface area (Å²) in [7, 11) is 0. The third-order valence-electron chi connectivity index (χ3n) is 4.80. The highest BCUT2D eigenvalue weighted by Crippen LogP contribution is 2.65. The molecule has 176 valence electrons. The van der Waals surface area contributed by atoms with Crippen molar-refractivity contribution < 1.29 is 22.8 Å². The zero-order valence-corrected chi connectivity index (χ0v) is 20.2. The molecule has 4 nitrogen and oxygen atoms in total.